The van der Waals surface area contributed by atoms with E-state index in [0.717, 1.165) is 24.3 Å². The van der Waals surface area contributed by atoms with Crippen molar-refractivity contribution in [3.8, 4) is 5.75 Å². The minimum absolute atomic E-state index is 0.0102. The number of rotatable bonds is 6. The fraction of sp³-hybridized carbons (Fsp3) is 0.235. The Kier molecular flexibility index (Phi) is 6.85. The van der Waals surface area contributed by atoms with E-state index in [1.807, 2.05) is 4.72 Å². The second-order valence-corrected chi connectivity index (χ2v) is 7.60. The van der Waals surface area contributed by atoms with Gasteiger partial charge in [0.15, 0.2) is 0 Å². The van der Waals surface area contributed by atoms with Gasteiger partial charge in [-0.05, 0) is 43.3 Å². The Labute approximate surface area is 169 Å². The van der Waals surface area contributed by atoms with Crippen LogP contribution in [0.25, 0.3) is 0 Å². The summed E-state index contributed by atoms with van der Waals surface area (Å²) >= 11 is 5.83. The number of sulfonamides is 1. The van der Waals surface area contributed by atoms with Crippen molar-refractivity contribution in [2.45, 2.75) is 18.0 Å². The van der Waals surface area contributed by atoms with Crippen LogP contribution in [0.5, 0.6) is 5.75 Å². The molecule has 0 spiro atoms. The van der Waals surface area contributed by atoms with Gasteiger partial charge >= 0.3 is 12.3 Å². The summed E-state index contributed by atoms with van der Waals surface area (Å²) in [4.78, 5) is 11.3. The Balaban J connectivity index is 2.40. The van der Waals surface area contributed by atoms with E-state index in [1.165, 1.54) is 13.2 Å². The quantitative estimate of drug-likeness (QED) is 0.660. The van der Waals surface area contributed by atoms with Crippen molar-refractivity contribution in [2.75, 3.05) is 23.8 Å². The van der Waals surface area contributed by atoms with Gasteiger partial charge in [-0.25, -0.2) is 13.2 Å². The normalized spacial score (nSPS) is 11.7. The fourth-order valence-corrected chi connectivity index (χ4v) is 3.53. The van der Waals surface area contributed by atoms with Crippen LogP contribution in [-0.4, -0.2) is 28.2 Å². The zero-order chi connectivity index (χ0) is 21.8. The maximum absolute atomic E-state index is 12.9. The molecular weight excluding hydrogens is 437 g/mol. The number of benzene rings is 2. The van der Waals surface area contributed by atoms with Crippen LogP contribution in [0.15, 0.2) is 41.3 Å². The largest absolute Gasteiger partial charge is 0.495 e. The number of hydrogen-bond acceptors (Lipinski definition) is 5. The van der Waals surface area contributed by atoms with Crippen LogP contribution < -0.4 is 14.8 Å². The van der Waals surface area contributed by atoms with Crippen molar-refractivity contribution >= 4 is 39.1 Å². The summed E-state index contributed by atoms with van der Waals surface area (Å²) in [5, 5.41) is 2.10. The van der Waals surface area contributed by atoms with Crippen LogP contribution in [0.4, 0.5) is 29.3 Å². The molecule has 2 N–H and O–H groups in total. The van der Waals surface area contributed by atoms with E-state index in [4.69, 9.17) is 21.1 Å². The highest BCUT2D eigenvalue weighted by molar-refractivity contribution is 7.92. The summed E-state index contributed by atoms with van der Waals surface area (Å²) < 4.78 is 75.8. The van der Waals surface area contributed by atoms with E-state index < -0.39 is 33.5 Å². The van der Waals surface area contributed by atoms with Gasteiger partial charge in [-0.2, -0.15) is 13.2 Å². The van der Waals surface area contributed by atoms with Gasteiger partial charge in [0.2, 0.25) is 0 Å². The third-order valence-electron chi connectivity index (χ3n) is 3.53. The molecule has 1 amide bonds. The molecule has 7 nitrogen and oxygen atoms in total. The van der Waals surface area contributed by atoms with E-state index >= 15 is 0 Å². The van der Waals surface area contributed by atoms with Crippen LogP contribution in [0.3, 0.4) is 0 Å². The van der Waals surface area contributed by atoms with Crippen LogP contribution >= 0.6 is 11.6 Å². The van der Waals surface area contributed by atoms with Crippen molar-refractivity contribution in [2.24, 2.45) is 0 Å². The van der Waals surface area contributed by atoms with Gasteiger partial charge in [-0.1, -0.05) is 11.6 Å². The number of anilines is 2. The van der Waals surface area contributed by atoms with E-state index in [2.05, 4.69) is 5.32 Å². The molecule has 0 radical (unpaired) electrons. The van der Waals surface area contributed by atoms with Gasteiger partial charge in [0, 0.05) is 0 Å². The van der Waals surface area contributed by atoms with Gasteiger partial charge in [0.05, 0.1) is 40.6 Å². The smallest absolute Gasteiger partial charge is 0.416 e. The molecule has 12 heteroatoms. The number of methoxy groups -OCH3 is 1. The molecular formula is C17H16ClF3N2O5S. The molecule has 0 aromatic heterocycles. The number of halogens is 4. The van der Waals surface area contributed by atoms with Crippen molar-refractivity contribution < 1.29 is 35.9 Å². The number of nitrogens with one attached hydrogen (secondary N) is 2. The molecule has 0 bridgehead atoms. The topological polar surface area (TPSA) is 93.7 Å². The van der Waals surface area contributed by atoms with Gasteiger partial charge in [0.1, 0.15) is 5.75 Å². The lowest BCUT2D eigenvalue weighted by atomic mass is 10.2. The van der Waals surface area contributed by atoms with Gasteiger partial charge < -0.3 is 9.47 Å². The van der Waals surface area contributed by atoms with Gasteiger partial charge in [0.25, 0.3) is 10.0 Å². The van der Waals surface area contributed by atoms with Crippen molar-refractivity contribution in [1.29, 1.82) is 0 Å². The first kappa shape index (κ1) is 22.6. The van der Waals surface area contributed by atoms with Gasteiger partial charge in [-0.15, -0.1) is 0 Å². The van der Waals surface area contributed by atoms with Crippen molar-refractivity contribution in [3.63, 3.8) is 0 Å². The first-order valence-electron chi connectivity index (χ1n) is 7.99. The van der Waals surface area contributed by atoms with Crippen LogP contribution in [0.1, 0.15) is 12.5 Å². The SMILES string of the molecule is CCOC(=O)Nc1cc(S(=O)(=O)Nc2cc(C(F)(F)F)ccc2Cl)ccc1OC. The van der Waals surface area contributed by atoms with E-state index in [-0.39, 0.29) is 28.0 Å². The summed E-state index contributed by atoms with van der Waals surface area (Å²) in [7, 11) is -3.04. The number of hydrogen-bond donors (Lipinski definition) is 2. The standard InChI is InChI=1S/C17H16ClF3N2O5S/c1-3-28-16(24)22-14-9-11(5-7-15(14)27-2)29(25,26)23-13-8-10(17(19,20)21)4-6-12(13)18/h4-9,23H,3H2,1-2H3,(H,22,24). The molecule has 158 valence electrons. The lowest BCUT2D eigenvalue weighted by Gasteiger charge is -2.15. The Hall–Kier alpha value is -2.66. The van der Waals surface area contributed by atoms with Crippen molar-refractivity contribution in [1.82, 2.24) is 0 Å². The minimum atomic E-state index is -4.68. The first-order chi connectivity index (χ1) is 13.5. The molecule has 2 aromatic rings. The third-order valence-corrected chi connectivity index (χ3v) is 5.22. The Morgan fingerprint density at radius 3 is 2.41 bits per heavy atom. The summed E-state index contributed by atoms with van der Waals surface area (Å²) in [6, 6.07) is 5.74. The first-order valence-corrected chi connectivity index (χ1v) is 9.85. The second kappa shape index (κ2) is 8.78. The third kappa shape index (κ3) is 5.67. The number of carbonyl (C=O) groups is 1. The molecule has 0 heterocycles. The Morgan fingerprint density at radius 2 is 1.83 bits per heavy atom. The number of alkyl halides is 3. The molecule has 0 aliphatic rings. The zero-order valence-electron chi connectivity index (χ0n) is 15.1. The minimum Gasteiger partial charge on any atom is -0.495 e. The summed E-state index contributed by atoms with van der Waals surface area (Å²) in [6.45, 7) is 1.67. The fourth-order valence-electron chi connectivity index (χ4n) is 2.21. The maximum Gasteiger partial charge on any atom is 0.416 e. The molecule has 2 aromatic carbocycles. The predicted octanol–water partition coefficient (Wildman–Crippen LogP) is 4.74. The summed E-state index contributed by atoms with van der Waals surface area (Å²) in [5.74, 6) is 0.147. The molecule has 0 aliphatic carbocycles. The molecule has 0 saturated carbocycles. The number of carbonyl (C=O) groups excluding carboxylic acids is 1. The molecule has 29 heavy (non-hydrogen) atoms. The van der Waals surface area contributed by atoms with Crippen LogP contribution in [0, 0.1) is 0 Å². The maximum atomic E-state index is 12.9. The second-order valence-electron chi connectivity index (χ2n) is 5.51. The lowest BCUT2D eigenvalue weighted by Crippen LogP contribution is -2.17. The average molecular weight is 453 g/mol. The highest BCUT2D eigenvalue weighted by Gasteiger charge is 2.31. The summed E-state index contributed by atoms with van der Waals surface area (Å²) in [5.41, 5.74) is -1.53. The zero-order valence-corrected chi connectivity index (χ0v) is 16.7. The Morgan fingerprint density at radius 1 is 1.14 bits per heavy atom. The van der Waals surface area contributed by atoms with Crippen molar-refractivity contribution in [3.05, 3.63) is 47.0 Å². The molecule has 0 aliphatic heterocycles. The average Bonchev–Trinajstić information content (AvgIpc) is 2.62. The lowest BCUT2D eigenvalue weighted by molar-refractivity contribution is -0.137. The number of amides is 1. The van der Waals surface area contributed by atoms with Crippen LogP contribution in [-0.2, 0) is 20.9 Å². The molecule has 0 atom stereocenters. The Bertz CT molecular complexity index is 1010. The summed E-state index contributed by atoms with van der Waals surface area (Å²) in [6.07, 6.45) is -5.52. The highest BCUT2D eigenvalue weighted by atomic mass is 35.5. The molecule has 0 unspecified atom stereocenters. The van der Waals surface area contributed by atoms with E-state index in [9.17, 15) is 26.4 Å². The molecule has 0 saturated heterocycles. The van der Waals surface area contributed by atoms with Crippen LogP contribution in [0.2, 0.25) is 5.02 Å². The predicted molar refractivity (Wildman–Crippen MR) is 101 cm³/mol. The highest BCUT2D eigenvalue weighted by Crippen LogP contribution is 2.35. The molecule has 0 fully saturated rings. The van der Waals surface area contributed by atoms with E-state index in [0.29, 0.717) is 6.07 Å². The monoisotopic (exact) mass is 452 g/mol. The van der Waals surface area contributed by atoms with Gasteiger partial charge in [-0.3, -0.25) is 10.0 Å². The van der Waals surface area contributed by atoms with E-state index in [1.54, 1.807) is 6.92 Å². The number of ether oxygens (including phenoxy) is 2. The molecule has 2 rings (SSSR count).